The van der Waals surface area contributed by atoms with Gasteiger partial charge in [0.2, 0.25) is 0 Å². The molecule has 0 spiro atoms. The monoisotopic (exact) mass is 279 g/mol. The number of aromatic nitrogens is 2. The van der Waals surface area contributed by atoms with Gasteiger partial charge in [-0.15, -0.1) is 0 Å². The third-order valence-electron chi connectivity index (χ3n) is 3.81. The van der Waals surface area contributed by atoms with E-state index in [0.29, 0.717) is 11.5 Å². The maximum absolute atomic E-state index is 12.2. The van der Waals surface area contributed by atoms with Crippen LogP contribution in [0, 0.1) is 0 Å². The number of carbonyl (C=O) groups excluding carboxylic acids is 1. The second-order valence-electron chi connectivity index (χ2n) is 5.47. The SMILES string of the molecule is C[C@@H](NC(=O)c1cn(C)nc1C1CCCCC1)C(=O)O. The highest BCUT2D eigenvalue weighted by Gasteiger charge is 2.26. The molecule has 1 saturated carbocycles. The van der Waals surface area contributed by atoms with Crippen LogP contribution < -0.4 is 5.32 Å². The molecule has 1 atom stereocenters. The Morgan fingerprint density at radius 1 is 1.40 bits per heavy atom. The second kappa shape index (κ2) is 6.07. The molecule has 1 fully saturated rings. The van der Waals surface area contributed by atoms with Crippen molar-refractivity contribution >= 4 is 11.9 Å². The number of nitrogens with zero attached hydrogens (tertiary/aromatic N) is 2. The molecule has 0 bridgehead atoms. The molecule has 2 N–H and O–H groups in total. The normalized spacial score (nSPS) is 17.7. The van der Waals surface area contributed by atoms with E-state index in [0.717, 1.165) is 31.4 Å². The number of carboxylic acid groups (broad SMARTS) is 1. The largest absolute Gasteiger partial charge is 0.480 e. The molecule has 0 aliphatic heterocycles. The summed E-state index contributed by atoms with van der Waals surface area (Å²) in [4.78, 5) is 23.0. The third-order valence-corrected chi connectivity index (χ3v) is 3.81. The Kier molecular flexibility index (Phi) is 4.42. The minimum atomic E-state index is -1.04. The summed E-state index contributed by atoms with van der Waals surface area (Å²) in [5.74, 6) is -1.08. The molecule has 1 aliphatic carbocycles. The molecule has 6 heteroatoms. The lowest BCUT2D eigenvalue weighted by Gasteiger charge is -2.20. The summed E-state index contributed by atoms with van der Waals surface area (Å²) in [6.07, 6.45) is 7.33. The van der Waals surface area contributed by atoms with Crippen LogP contribution in [0.3, 0.4) is 0 Å². The Morgan fingerprint density at radius 2 is 2.05 bits per heavy atom. The molecule has 1 aromatic rings. The molecule has 20 heavy (non-hydrogen) atoms. The lowest BCUT2D eigenvalue weighted by molar-refractivity contribution is -0.138. The zero-order chi connectivity index (χ0) is 14.7. The number of carboxylic acids is 1. The fourth-order valence-corrected chi connectivity index (χ4v) is 2.69. The van der Waals surface area contributed by atoms with Gasteiger partial charge in [-0.2, -0.15) is 5.10 Å². The highest BCUT2D eigenvalue weighted by atomic mass is 16.4. The van der Waals surface area contributed by atoms with Crippen molar-refractivity contribution in [1.29, 1.82) is 0 Å². The molecule has 0 aromatic carbocycles. The van der Waals surface area contributed by atoms with Crippen LogP contribution in [0.15, 0.2) is 6.20 Å². The van der Waals surface area contributed by atoms with E-state index in [4.69, 9.17) is 5.11 Å². The number of amides is 1. The molecular weight excluding hydrogens is 258 g/mol. The first-order chi connectivity index (χ1) is 9.49. The Hall–Kier alpha value is -1.85. The average molecular weight is 279 g/mol. The van der Waals surface area contributed by atoms with Gasteiger partial charge in [0.15, 0.2) is 0 Å². The summed E-state index contributed by atoms with van der Waals surface area (Å²) in [6.45, 7) is 1.46. The second-order valence-corrected chi connectivity index (χ2v) is 5.47. The summed E-state index contributed by atoms with van der Waals surface area (Å²) >= 11 is 0. The van der Waals surface area contributed by atoms with Gasteiger partial charge in [0.05, 0.1) is 11.3 Å². The third kappa shape index (κ3) is 3.18. The van der Waals surface area contributed by atoms with E-state index in [-0.39, 0.29) is 5.91 Å². The maximum Gasteiger partial charge on any atom is 0.325 e. The van der Waals surface area contributed by atoms with Gasteiger partial charge in [-0.05, 0) is 19.8 Å². The van der Waals surface area contributed by atoms with E-state index in [1.54, 1.807) is 17.9 Å². The summed E-state index contributed by atoms with van der Waals surface area (Å²) in [7, 11) is 1.78. The van der Waals surface area contributed by atoms with E-state index in [2.05, 4.69) is 10.4 Å². The number of aryl methyl sites for hydroxylation is 1. The number of hydrogen-bond donors (Lipinski definition) is 2. The molecule has 1 aliphatic rings. The zero-order valence-electron chi connectivity index (χ0n) is 11.9. The Labute approximate surface area is 118 Å². The van der Waals surface area contributed by atoms with E-state index in [1.807, 2.05) is 0 Å². The van der Waals surface area contributed by atoms with Gasteiger partial charge in [0, 0.05) is 19.2 Å². The first-order valence-electron chi connectivity index (χ1n) is 7.06. The van der Waals surface area contributed by atoms with Crippen molar-refractivity contribution < 1.29 is 14.7 Å². The fourth-order valence-electron chi connectivity index (χ4n) is 2.69. The lowest BCUT2D eigenvalue weighted by atomic mass is 9.85. The van der Waals surface area contributed by atoms with Gasteiger partial charge < -0.3 is 10.4 Å². The molecular formula is C14H21N3O3. The minimum Gasteiger partial charge on any atom is -0.480 e. The average Bonchev–Trinajstić information content (AvgIpc) is 2.81. The van der Waals surface area contributed by atoms with E-state index < -0.39 is 12.0 Å². The van der Waals surface area contributed by atoms with E-state index >= 15 is 0 Å². The summed E-state index contributed by atoms with van der Waals surface area (Å²) in [5.41, 5.74) is 1.31. The van der Waals surface area contributed by atoms with Gasteiger partial charge in [-0.1, -0.05) is 19.3 Å². The summed E-state index contributed by atoms with van der Waals surface area (Å²) in [6, 6.07) is -0.901. The van der Waals surface area contributed by atoms with Gasteiger partial charge >= 0.3 is 5.97 Å². The molecule has 0 unspecified atom stereocenters. The zero-order valence-corrected chi connectivity index (χ0v) is 11.9. The molecule has 1 amide bonds. The van der Waals surface area contributed by atoms with Gasteiger partial charge in [0.25, 0.3) is 5.91 Å². The number of carbonyl (C=O) groups is 2. The van der Waals surface area contributed by atoms with Crippen LogP contribution in [0.4, 0.5) is 0 Å². The predicted molar refractivity (Wildman–Crippen MR) is 73.6 cm³/mol. The van der Waals surface area contributed by atoms with Gasteiger partial charge in [-0.25, -0.2) is 0 Å². The van der Waals surface area contributed by atoms with Crippen LogP contribution in [0.5, 0.6) is 0 Å². The molecule has 1 heterocycles. The van der Waals surface area contributed by atoms with Crippen LogP contribution in [0.2, 0.25) is 0 Å². The molecule has 0 radical (unpaired) electrons. The van der Waals surface area contributed by atoms with Crippen LogP contribution in [-0.4, -0.2) is 32.8 Å². The van der Waals surface area contributed by atoms with Crippen molar-refractivity contribution in [2.75, 3.05) is 0 Å². The molecule has 110 valence electrons. The fraction of sp³-hybridized carbons (Fsp3) is 0.643. The van der Waals surface area contributed by atoms with Crippen LogP contribution in [0.25, 0.3) is 0 Å². The number of hydrogen-bond acceptors (Lipinski definition) is 3. The van der Waals surface area contributed by atoms with Gasteiger partial charge in [0.1, 0.15) is 6.04 Å². The molecule has 6 nitrogen and oxygen atoms in total. The first-order valence-corrected chi connectivity index (χ1v) is 7.06. The Morgan fingerprint density at radius 3 is 2.65 bits per heavy atom. The predicted octanol–water partition coefficient (Wildman–Crippen LogP) is 1.67. The van der Waals surface area contributed by atoms with Crippen molar-refractivity contribution in [3.8, 4) is 0 Å². The highest BCUT2D eigenvalue weighted by Crippen LogP contribution is 2.33. The van der Waals surface area contributed by atoms with Crippen LogP contribution in [0.1, 0.15) is 61.0 Å². The number of aliphatic carboxylic acids is 1. The lowest BCUT2D eigenvalue weighted by Crippen LogP contribution is -2.38. The number of nitrogens with one attached hydrogen (secondary N) is 1. The summed E-state index contributed by atoms with van der Waals surface area (Å²) < 4.78 is 1.63. The highest BCUT2D eigenvalue weighted by molar-refractivity contribution is 5.97. The smallest absolute Gasteiger partial charge is 0.325 e. The van der Waals surface area contributed by atoms with Crippen LogP contribution in [-0.2, 0) is 11.8 Å². The Bertz CT molecular complexity index is 504. The quantitative estimate of drug-likeness (QED) is 0.878. The summed E-state index contributed by atoms with van der Waals surface area (Å²) in [5, 5.41) is 15.8. The van der Waals surface area contributed by atoms with E-state index in [1.165, 1.54) is 13.3 Å². The van der Waals surface area contributed by atoms with Crippen LogP contribution >= 0.6 is 0 Å². The Balaban J connectivity index is 2.18. The van der Waals surface area contributed by atoms with Crippen molar-refractivity contribution in [2.45, 2.75) is 51.0 Å². The van der Waals surface area contributed by atoms with Crippen molar-refractivity contribution in [2.24, 2.45) is 7.05 Å². The standard InChI is InChI=1S/C14H21N3O3/c1-9(14(19)20)15-13(18)11-8-17(2)16-12(11)10-6-4-3-5-7-10/h8-10H,3-7H2,1-2H3,(H,15,18)(H,19,20)/t9-/m1/s1. The maximum atomic E-state index is 12.2. The number of rotatable bonds is 4. The first kappa shape index (κ1) is 14.6. The van der Waals surface area contributed by atoms with Crippen molar-refractivity contribution in [1.82, 2.24) is 15.1 Å². The van der Waals surface area contributed by atoms with E-state index in [9.17, 15) is 9.59 Å². The minimum absolute atomic E-state index is 0.311. The van der Waals surface area contributed by atoms with Gasteiger partial charge in [-0.3, -0.25) is 14.3 Å². The molecule has 1 aromatic heterocycles. The topological polar surface area (TPSA) is 84.2 Å². The molecule has 2 rings (SSSR count). The van der Waals surface area contributed by atoms with Crippen molar-refractivity contribution in [3.63, 3.8) is 0 Å². The molecule has 0 saturated heterocycles. The van der Waals surface area contributed by atoms with Crippen molar-refractivity contribution in [3.05, 3.63) is 17.5 Å².